The Morgan fingerprint density at radius 3 is 2.37 bits per heavy atom. The van der Waals surface area contributed by atoms with E-state index in [-0.39, 0.29) is 0 Å². The van der Waals surface area contributed by atoms with E-state index in [0.29, 0.717) is 18.4 Å². The fourth-order valence-electron chi connectivity index (χ4n) is 2.47. The van der Waals surface area contributed by atoms with Crippen LogP contribution >= 0.6 is 0 Å². The average molecular weight is 253 g/mol. The molecule has 2 aromatic rings. The summed E-state index contributed by atoms with van der Waals surface area (Å²) in [5, 5.41) is 0. The predicted octanol–water partition coefficient (Wildman–Crippen LogP) is 3.33. The van der Waals surface area contributed by atoms with E-state index < -0.39 is 0 Å². The summed E-state index contributed by atoms with van der Waals surface area (Å²) in [6, 6.07) is 18.7. The van der Waals surface area contributed by atoms with Crippen molar-refractivity contribution in [2.45, 2.75) is 18.9 Å². The second-order valence-electron chi connectivity index (χ2n) is 5.18. The van der Waals surface area contributed by atoms with Crippen molar-refractivity contribution >= 4 is 0 Å². The van der Waals surface area contributed by atoms with Crippen LogP contribution < -0.4 is 10.5 Å². The third-order valence-corrected chi connectivity index (χ3v) is 3.78. The minimum atomic E-state index is 0.620. The van der Waals surface area contributed by atoms with Crippen LogP contribution in [0.2, 0.25) is 0 Å². The van der Waals surface area contributed by atoms with E-state index in [4.69, 9.17) is 10.5 Å². The quantitative estimate of drug-likeness (QED) is 0.887. The van der Waals surface area contributed by atoms with Crippen LogP contribution in [-0.4, -0.2) is 6.54 Å². The van der Waals surface area contributed by atoms with Crippen molar-refractivity contribution in [1.82, 2.24) is 0 Å². The van der Waals surface area contributed by atoms with E-state index >= 15 is 0 Å². The maximum Gasteiger partial charge on any atom is 0.119 e. The molecule has 3 rings (SSSR count). The minimum Gasteiger partial charge on any atom is -0.489 e. The summed E-state index contributed by atoms with van der Waals surface area (Å²) in [7, 11) is 0. The number of benzene rings is 2. The summed E-state index contributed by atoms with van der Waals surface area (Å²) < 4.78 is 5.78. The topological polar surface area (TPSA) is 35.2 Å². The lowest BCUT2D eigenvalue weighted by atomic mass is 10.1. The number of nitrogens with two attached hydrogens (primary N) is 1. The van der Waals surface area contributed by atoms with Crippen molar-refractivity contribution in [3.8, 4) is 5.75 Å². The molecule has 0 bridgehead atoms. The maximum atomic E-state index is 5.78. The van der Waals surface area contributed by atoms with Gasteiger partial charge in [0.25, 0.3) is 0 Å². The van der Waals surface area contributed by atoms with Crippen LogP contribution in [-0.2, 0) is 6.61 Å². The van der Waals surface area contributed by atoms with Gasteiger partial charge in [0.15, 0.2) is 0 Å². The SMILES string of the molecule is NC[C@H]1C[C@@H]1c1ccc(OCc2ccccc2)cc1. The molecular weight excluding hydrogens is 234 g/mol. The van der Waals surface area contributed by atoms with E-state index in [0.717, 1.165) is 12.3 Å². The Morgan fingerprint density at radius 2 is 1.74 bits per heavy atom. The van der Waals surface area contributed by atoms with Crippen LogP contribution in [0.1, 0.15) is 23.5 Å². The van der Waals surface area contributed by atoms with Gasteiger partial charge in [0.05, 0.1) is 0 Å². The molecule has 0 heterocycles. The number of rotatable bonds is 5. The fourth-order valence-corrected chi connectivity index (χ4v) is 2.47. The molecule has 0 aromatic heterocycles. The summed E-state index contributed by atoms with van der Waals surface area (Å²) in [6.07, 6.45) is 1.24. The first-order valence-corrected chi connectivity index (χ1v) is 6.83. The van der Waals surface area contributed by atoms with E-state index in [1.165, 1.54) is 17.5 Å². The van der Waals surface area contributed by atoms with Gasteiger partial charge in [-0.3, -0.25) is 0 Å². The molecule has 1 aliphatic carbocycles. The van der Waals surface area contributed by atoms with Gasteiger partial charge < -0.3 is 10.5 Å². The largest absolute Gasteiger partial charge is 0.489 e. The Kier molecular flexibility index (Phi) is 3.51. The summed E-state index contributed by atoms with van der Waals surface area (Å²) in [6.45, 7) is 1.42. The molecule has 0 unspecified atom stereocenters. The van der Waals surface area contributed by atoms with E-state index in [1.807, 2.05) is 18.2 Å². The second kappa shape index (κ2) is 5.45. The molecule has 2 atom stereocenters. The third-order valence-electron chi connectivity index (χ3n) is 3.78. The van der Waals surface area contributed by atoms with Gasteiger partial charge in [0.2, 0.25) is 0 Å². The molecule has 0 amide bonds. The molecule has 2 aromatic carbocycles. The lowest BCUT2D eigenvalue weighted by Crippen LogP contribution is -2.01. The normalized spacial score (nSPS) is 21.1. The van der Waals surface area contributed by atoms with Crippen molar-refractivity contribution in [1.29, 1.82) is 0 Å². The summed E-state index contributed by atoms with van der Waals surface area (Å²) in [5.74, 6) is 2.29. The Balaban J connectivity index is 1.58. The molecule has 2 nitrogen and oxygen atoms in total. The van der Waals surface area contributed by atoms with Crippen LogP contribution in [0.4, 0.5) is 0 Å². The van der Waals surface area contributed by atoms with Crippen LogP contribution in [0.5, 0.6) is 5.75 Å². The first-order valence-electron chi connectivity index (χ1n) is 6.83. The van der Waals surface area contributed by atoms with Crippen molar-refractivity contribution in [3.63, 3.8) is 0 Å². The number of hydrogen-bond acceptors (Lipinski definition) is 2. The molecule has 98 valence electrons. The molecule has 2 heteroatoms. The van der Waals surface area contributed by atoms with Gasteiger partial charge in [-0.1, -0.05) is 42.5 Å². The van der Waals surface area contributed by atoms with Crippen LogP contribution in [0.15, 0.2) is 54.6 Å². The molecule has 0 saturated heterocycles. The van der Waals surface area contributed by atoms with Crippen molar-refractivity contribution in [3.05, 3.63) is 65.7 Å². The number of hydrogen-bond donors (Lipinski definition) is 1. The smallest absolute Gasteiger partial charge is 0.119 e. The van der Waals surface area contributed by atoms with Gasteiger partial charge in [0.1, 0.15) is 12.4 Å². The van der Waals surface area contributed by atoms with E-state index in [1.54, 1.807) is 0 Å². The van der Waals surface area contributed by atoms with Gasteiger partial charge in [-0.15, -0.1) is 0 Å². The molecule has 1 fully saturated rings. The van der Waals surface area contributed by atoms with Gasteiger partial charge in [0, 0.05) is 0 Å². The Bertz CT molecular complexity index is 521. The highest BCUT2D eigenvalue weighted by atomic mass is 16.5. The molecule has 2 N–H and O–H groups in total. The van der Waals surface area contributed by atoms with Gasteiger partial charge in [-0.05, 0) is 48.1 Å². The zero-order chi connectivity index (χ0) is 13.1. The zero-order valence-electron chi connectivity index (χ0n) is 11.0. The summed E-state index contributed by atoms with van der Waals surface area (Å²) >= 11 is 0. The Hall–Kier alpha value is -1.80. The van der Waals surface area contributed by atoms with Gasteiger partial charge >= 0.3 is 0 Å². The number of ether oxygens (including phenoxy) is 1. The Morgan fingerprint density at radius 1 is 1.00 bits per heavy atom. The molecule has 0 spiro atoms. The highest BCUT2D eigenvalue weighted by molar-refractivity contribution is 5.32. The van der Waals surface area contributed by atoms with Gasteiger partial charge in [-0.25, -0.2) is 0 Å². The zero-order valence-corrected chi connectivity index (χ0v) is 11.0. The third kappa shape index (κ3) is 2.96. The van der Waals surface area contributed by atoms with Crippen molar-refractivity contribution in [2.24, 2.45) is 11.7 Å². The highest BCUT2D eigenvalue weighted by Crippen LogP contribution is 2.46. The van der Waals surface area contributed by atoms with Gasteiger partial charge in [-0.2, -0.15) is 0 Å². The van der Waals surface area contributed by atoms with Crippen molar-refractivity contribution < 1.29 is 4.74 Å². The minimum absolute atomic E-state index is 0.620. The maximum absolute atomic E-state index is 5.78. The summed E-state index contributed by atoms with van der Waals surface area (Å²) in [5.41, 5.74) is 8.26. The highest BCUT2D eigenvalue weighted by Gasteiger charge is 2.36. The van der Waals surface area contributed by atoms with Crippen LogP contribution in [0.3, 0.4) is 0 Å². The Labute approximate surface area is 114 Å². The van der Waals surface area contributed by atoms with E-state index in [9.17, 15) is 0 Å². The average Bonchev–Trinajstić information content (AvgIpc) is 3.26. The van der Waals surface area contributed by atoms with Crippen LogP contribution in [0, 0.1) is 5.92 Å². The van der Waals surface area contributed by atoms with Crippen LogP contribution in [0.25, 0.3) is 0 Å². The second-order valence-corrected chi connectivity index (χ2v) is 5.18. The van der Waals surface area contributed by atoms with E-state index in [2.05, 4.69) is 36.4 Å². The lowest BCUT2D eigenvalue weighted by Gasteiger charge is -2.07. The molecule has 0 aliphatic heterocycles. The molecular formula is C17H19NO. The molecule has 19 heavy (non-hydrogen) atoms. The summed E-state index contributed by atoms with van der Waals surface area (Å²) in [4.78, 5) is 0. The first-order chi connectivity index (χ1) is 9.36. The fraction of sp³-hybridized carbons (Fsp3) is 0.294. The van der Waals surface area contributed by atoms with Crippen molar-refractivity contribution in [2.75, 3.05) is 6.54 Å². The molecule has 1 saturated carbocycles. The molecule has 0 radical (unpaired) electrons. The standard InChI is InChI=1S/C17H19NO/c18-11-15-10-17(15)14-6-8-16(9-7-14)19-12-13-4-2-1-3-5-13/h1-9,15,17H,10-12,18H2/t15-,17-/m1/s1. The molecule has 1 aliphatic rings. The monoisotopic (exact) mass is 253 g/mol. The lowest BCUT2D eigenvalue weighted by molar-refractivity contribution is 0.306. The predicted molar refractivity (Wildman–Crippen MR) is 77.1 cm³/mol. The first kappa shape index (κ1) is 12.2.